The number of hydrogen-bond donors (Lipinski definition) is 1. The molecular formula is C12H11ClO4. The third-order valence-corrected chi connectivity index (χ3v) is 2.49. The van der Waals surface area contributed by atoms with Gasteiger partial charge in [-0.2, -0.15) is 0 Å². The summed E-state index contributed by atoms with van der Waals surface area (Å²) in [5.41, 5.74) is 0.870. The van der Waals surface area contributed by atoms with Crippen LogP contribution in [-0.2, 0) is 11.2 Å². The number of rotatable bonds is 4. The number of aliphatic carboxylic acids is 1. The molecule has 0 saturated heterocycles. The van der Waals surface area contributed by atoms with Gasteiger partial charge in [-0.05, 0) is 11.6 Å². The predicted octanol–water partition coefficient (Wildman–Crippen LogP) is 2.21. The van der Waals surface area contributed by atoms with Gasteiger partial charge in [0.05, 0.1) is 0 Å². The molecule has 2 rings (SSSR count). The van der Waals surface area contributed by atoms with Crippen LogP contribution in [0, 0.1) is 0 Å². The van der Waals surface area contributed by atoms with E-state index in [-0.39, 0.29) is 6.61 Å². The second-order valence-electron chi connectivity index (χ2n) is 3.72. The Morgan fingerprint density at radius 3 is 3.06 bits per heavy atom. The van der Waals surface area contributed by atoms with E-state index in [0.29, 0.717) is 23.0 Å². The Bertz CT molecular complexity index is 470. The summed E-state index contributed by atoms with van der Waals surface area (Å²) in [5.74, 6) is 0.171. The normalized spacial score (nSPS) is 17.1. The zero-order valence-electron chi connectivity index (χ0n) is 8.98. The minimum Gasteiger partial charge on any atom is -0.488 e. The molecule has 0 aromatic heterocycles. The Morgan fingerprint density at radius 2 is 2.41 bits per heavy atom. The van der Waals surface area contributed by atoms with Crippen molar-refractivity contribution in [3.8, 4) is 11.5 Å². The number of carbonyl (C=O) groups is 1. The number of carboxylic acid groups (broad SMARTS) is 1. The van der Waals surface area contributed by atoms with Crippen molar-refractivity contribution in [1.29, 1.82) is 0 Å². The van der Waals surface area contributed by atoms with Gasteiger partial charge < -0.3 is 14.6 Å². The van der Waals surface area contributed by atoms with Gasteiger partial charge in [0.15, 0.2) is 6.10 Å². The summed E-state index contributed by atoms with van der Waals surface area (Å²) in [4.78, 5) is 10.8. The first-order valence-corrected chi connectivity index (χ1v) is 5.42. The van der Waals surface area contributed by atoms with Gasteiger partial charge in [0.2, 0.25) is 0 Å². The Balaban J connectivity index is 2.09. The fourth-order valence-corrected chi connectivity index (χ4v) is 1.65. The van der Waals surface area contributed by atoms with E-state index in [2.05, 4.69) is 6.58 Å². The molecule has 0 saturated carbocycles. The molecule has 0 radical (unpaired) electrons. The molecule has 0 amide bonds. The summed E-state index contributed by atoms with van der Waals surface area (Å²) in [6.07, 6.45) is -0.420. The number of carboxylic acids is 1. The van der Waals surface area contributed by atoms with Crippen LogP contribution in [0.4, 0.5) is 0 Å². The predicted molar refractivity (Wildman–Crippen MR) is 62.7 cm³/mol. The summed E-state index contributed by atoms with van der Waals surface area (Å²) in [6.45, 7) is 3.72. The first-order chi connectivity index (χ1) is 8.06. The first-order valence-electron chi connectivity index (χ1n) is 5.04. The lowest BCUT2D eigenvalue weighted by atomic mass is 10.1. The molecule has 5 heteroatoms. The monoisotopic (exact) mass is 254 g/mol. The SMILES string of the molecule is C=C(Cl)COc1ccc2c(c1)OC(C(=O)O)C2. The molecule has 4 nitrogen and oxygen atoms in total. The van der Waals surface area contributed by atoms with Crippen LogP contribution >= 0.6 is 11.6 Å². The molecule has 1 aliphatic rings. The van der Waals surface area contributed by atoms with Crippen LogP contribution in [0.2, 0.25) is 0 Å². The summed E-state index contributed by atoms with van der Waals surface area (Å²) in [7, 11) is 0. The van der Waals surface area contributed by atoms with Crippen molar-refractivity contribution in [2.75, 3.05) is 6.61 Å². The topological polar surface area (TPSA) is 55.8 Å². The Kier molecular flexibility index (Phi) is 3.24. The summed E-state index contributed by atoms with van der Waals surface area (Å²) in [5, 5.41) is 9.24. The van der Waals surface area contributed by atoms with E-state index in [0.717, 1.165) is 5.56 Å². The van der Waals surface area contributed by atoms with E-state index >= 15 is 0 Å². The molecule has 1 heterocycles. The average Bonchev–Trinajstić information content (AvgIpc) is 2.69. The molecule has 0 fully saturated rings. The van der Waals surface area contributed by atoms with E-state index in [1.54, 1.807) is 18.2 Å². The lowest BCUT2D eigenvalue weighted by molar-refractivity contribution is -0.144. The van der Waals surface area contributed by atoms with Crippen LogP contribution in [-0.4, -0.2) is 23.8 Å². The molecule has 1 aromatic carbocycles. The number of halogens is 1. The standard InChI is InChI=1S/C12H11ClO4/c1-7(13)6-16-9-3-2-8-4-11(12(14)15)17-10(8)5-9/h2-3,5,11H,1,4,6H2,(H,14,15). The van der Waals surface area contributed by atoms with E-state index in [1.807, 2.05) is 0 Å². The fourth-order valence-electron chi connectivity index (χ4n) is 1.60. The van der Waals surface area contributed by atoms with E-state index in [4.69, 9.17) is 26.2 Å². The lowest BCUT2D eigenvalue weighted by Crippen LogP contribution is -2.24. The van der Waals surface area contributed by atoms with Crippen LogP contribution in [0.3, 0.4) is 0 Å². The van der Waals surface area contributed by atoms with Gasteiger partial charge in [0.25, 0.3) is 0 Å². The minimum absolute atomic E-state index is 0.211. The third kappa shape index (κ3) is 2.71. The van der Waals surface area contributed by atoms with E-state index in [1.165, 1.54) is 0 Å². The van der Waals surface area contributed by atoms with Gasteiger partial charge in [-0.25, -0.2) is 4.79 Å². The molecule has 1 atom stereocenters. The van der Waals surface area contributed by atoms with Crippen molar-refractivity contribution in [3.05, 3.63) is 35.4 Å². The van der Waals surface area contributed by atoms with Crippen LogP contribution in [0.5, 0.6) is 11.5 Å². The molecule has 1 aliphatic heterocycles. The van der Waals surface area contributed by atoms with Gasteiger partial charge in [0, 0.05) is 17.5 Å². The maximum Gasteiger partial charge on any atom is 0.345 e. The van der Waals surface area contributed by atoms with Gasteiger partial charge >= 0.3 is 5.97 Å². The molecule has 0 bridgehead atoms. The highest BCUT2D eigenvalue weighted by molar-refractivity contribution is 6.29. The summed E-state index contributed by atoms with van der Waals surface area (Å²) >= 11 is 5.58. The Labute approximate surface area is 103 Å². The zero-order valence-corrected chi connectivity index (χ0v) is 9.74. The molecule has 17 heavy (non-hydrogen) atoms. The highest BCUT2D eigenvalue weighted by atomic mass is 35.5. The van der Waals surface area contributed by atoms with Crippen LogP contribution in [0.15, 0.2) is 29.8 Å². The van der Waals surface area contributed by atoms with Gasteiger partial charge in [-0.15, -0.1) is 0 Å². The minimum atomic E-state index is -0.960. The second kappa shape index (κ2) is 4.67. The van der Waals surface area contributed by atoms with Gasteiger partial charge in [0.1, 0.15) is 18.1 Å². The van der Waals surface area contributed by atoms with Crippen molar-refractivity contribution in [2.24, 2.45) is 0 Å². The molecular weight excluding hydrogens is 244 g/mol. The van der Waals surface area contributed by atoms with Gasteiger partial charge in [-0.1, -0.05) is 24.2 Å². The smallest absolute Gasteiger partial charge is 0.345 e. The van der Waals surface area contributed by atoms with E-state index in [9.17, 15) is 4.79 Å². The van der Waals surface area contributed by atoms with E-state index < -0.39 is 12.1 Å². The van der Waals surface area contributed by atoms with Crippen molar-refractivity contribution in [2.45, 2.75) is 12.5 Å². The van der Waals surface area contributed by atoms with Crippen molar-refractivity contribution in [1.82, 2.24) is 0 Å². The molecule has 1 unspecified atom stereocenters. The number of benzene rings is 1. The molecule has 0 aliphatic carbocycles. The van der Waals surface area contributed by atoms with Crippen molar-refractivity contribution >= 4 is 17.6 Å². The molecule has 0 spiro atoms. The zero-order chi connectivity index (χ0) is 12.4. The lowest BCUT2D eigenvalue weighted by Gasteiger charge is -2.07. The molecule has 90 valence electrons. The highest BCUT2D eigenvalue weighted by Crippen LogP contribution is 2.32. The molecule has 1 aromatic rings. The van der Waals surface area contributed by atoms with Crippen molar-refractivity contribution < 1.29 is 19.4 Å². The first kappa shape index (κ1) is 11.8. The number of fused-ring (bicyclic) bond motifs is 1. The fraction of sp³-hybridized carbons (Fsp3) is 0.250. The Morgan fingerprint density at radius 1 is 1.65 bits per heavy atom. The quantitative estimate of drug-likeness (QED) is 0.895. The second-order valence-corrected chi connectivity index (χ2v) is 4.26. The number of ether oxygens (including phenoxy) is 2. The third-order valence-electron chi connectivity index (χ3n) is 2.38. The Hall–Kier alpha value is -1.68. The molecule has 1 N–H and O–H groups in total. The summed E-state index contributed by atoms with van der Waals surface area (Å²) in [6, 6.07) is 5.22. The summed E-state index contributed by atoms with van der Waals surface area (Å²) < 4.78 is 10.6. The maximum atomic E-state index is 10.8. The maximum absolute atomic E-state index is 10.8. The number of hydrogen-bond acceptors (Lipinski definition) is 3. The van der Waals surface area contributed by atoms with Crippen LogP contribution < -0.4 is 9.47 Å². The largest absolute Gasteiger partial charge is 0.488 e. The van der Waals surface area contributed by atoms with Crippen molar-refractivity contribution in [3.63, 3.8) is 0 Å². The highest BCUT2D eigenvalue weighted by Gasteiger charge is 2.28. The van der Waals surface area contributed by atoms with Crippen LogP contribution in [0.25, 0.3) is 0 Å². The van der Waals surface area contributed by atoms with Gasteiger partial charge in [-0.3, -0.25) is 0 Å². The van der Waals surface area contributed by atoms with Crippen LogP contribution in [0.1, 0.15) is 5.56 Å². The average molecular weight is 255 g/mol.